The van der Waals surface area contributed by atoms with E-state index in [4.69, 9.17) is 14.2 Å². The lowest BCUT2D eigenvalue weighted by molar-refractivity contribution is -0.173. The summed E-state index contributed by atoms with van der Waals surface area (Å²) in [5, 5.41) is 0. The van der Waals surface area contributed by atoms with Crippen LogP contribution in [0.2, 0.25) is 0 Å². The molecule has 3 rings (SSSR count). The van der Waals surface area contributed by atoms with Crippen LogP contribution in [0.4, 0.5) is 0 Å². The van der Waals surface area contributed by atoms with Crippen LogP contribution in [0.15, 0.2) is 11.1 Å². The Morgan fingerprint density at radius 2 is 1.74 bits per heavy atom. The van der Waals surface area contributed by atoms with Crippen LogP contribution in [0.5, 0.6) is 0 Å². The molecule has 1 saturated carbocycles. The first kappa shape index (κ1) is 16.0. The van der Waals surface area contributed by atoms with Gasteiger partial charge in [0.15, 0.2) is 5.41 Å². The zero-order chi connectivity index (χ0) is 17.0. The van der Waals surface area contributed by atoms with Gasteiger partial charge in [-0.25, -0.2) is 4.79 Å². The summed E-state index contributed by atoms with van der Waals surface area (Å²) in [6.07, 6.45) is 2.23. The van der Waals surface area contributed by atoms with E-state index in [1.807, 2.05) is 0 Å². The van der Waals surface area contributed by atoms with Crippen LogP contribution in [0, 0.1) is 22.7 Å². The van der Waals surface area contributed by atoms with E-state index < -0.39 is 23.3 Å². The highest BCUT2D eigenvalue weighted by atomic mass is 16.6. The molecule has 0 aromatic heterocycles. The van der Waals surface area contributed by atoms with E-state index in [1.54, 1.807) is 0 Å². The lowest BCUT2D eigenvalue weighted by atomic mass is 9.60. The number of fused-ring (bicyclic) bond motifs is 1. The first-order chi connectivity index (χ1) is 10.8. The molecule has 0 bridgehead atoms. The van der Waals surface area contributed by atoms with Gasteiger partial charge in [0, 0.05) is 0 Å². The molecule has 1 fully saturated rings. The Bertz CT molecular complexity index is 599. The average molecular weight is 322 g/mol. The Kier molecular flexibility index (Phi) is 3.54. The van der Waals surface area contributed by atoms with Gasteiger partial charge in [-0.1, -0.05) is 13.8 Å². The first-order valence-corrected chi connectivity index (χ1v) is 7.84. The minimum atomic E-state index is -1.69. The van der Waals surface area contributed by atoms with Crippen LogP contribution in [0.1, 0.15) is 33.1 Å². The van der Waals surface area contributed by atoms with Crippen molar-refractivity contribution >= 4 is 17.9 Å². The van der Waals surface area contributed by atoms with Gasteiger partial charge in [0.05, 0.1) is 19.8 Å². The predicted molar refractivity (Wildman–Crippen MR) is 79.1 cm³/mol. The van der Waals surface area contributed by atoms with E-state index in [-0.39, 0.29) is 29.4 Å². The van der Waals surface area contributed by atoms with E-state index in [1.165, 1.54) is 14.2 Å². The van der Waals surface area contributed by atoms with Gasteiger partial charge >= 0.3 is 17.9 Å². The summed E-state index contributed by atoms with van der Waals surface area (Å²) in [4.78, 5) is 37.9. The number of esters is 3. The number of cyclic esters (lactones) is 1. The number of rotatable bonds is 2. The van der Waals surface area contributed by atoms with Gasteiger partial charge in [-0.05, 0) is 42.1 Å². The van der Waals surface area contributed by atoms with Crippen molar-refractivity contribution in [2.45, 2.75) is 33.1 Å². The SMILES string of the molecule is COC(=O)C1(C(=O)OC)C2=C(COC2=O)CC2CC(C)(C)CC21. The van der Waals surface area contributed by atoms with Crippen LogP contribution in [0.3, 0.4) is 0 Å². The van der Waals surface area contributed by atoms with E-state index >= 15 is 0 Å². The first-order valence-electron chi connectivity index (χ1n) is 7.84. The summed E-state index contributed by atoms with van der Waals surface area (Å²) in [5.41, 5.74) is -0.796. The van der Waals surface area contributed by atoms with E-state index in [0.29, 0.717) is 12.8 Å². The second-order valence-electron chi connectivity index (χ2n) is 7.49. The highest BCUT2D eigenvalue weighted by Crippen LogP contribution is 2.61. The lowest BCUT2D eigenvalue weighted by Crippen LogP contribution is -2.53. The quantitative estimate of drug-likeness (QED) is 0.437. The molecule has 2 atom stereocenters. The monoisotopic (exact) mass is 322 g/mol. The molecular formula is C17H22O6. The number of carbonyl (C=O) groups excluding carboxylic acids is 3. The van der Waals surface area contributed by atoms with Crippen molar-refractivity contribution in [3.8, 4) is 0 Å². The third-order valence-electron chi connectivity index (χ3n) is 5.57. The molecule has 0 N–H and O–H groups in total. The molecule has 2 aliphatic carbocycles. The van der Waals surface area contributed by atoms with Crippen molar-refractivity contribution in [2.75, 3.05) is 20.8 Å². The minimum absolute atomic E-state index is 0.00765. The molecule has 0 radical (unpaired) electrons. The molecule has 1 aliphatic heterocycles. The van der Waals surface area contributed by atoms with Crippen molar-refractivity contribution in [3.63, 3.8) is 0 Å². The number of hydrogen-bond acceptors (Lipinski definition) is 6. The summed E-state index contributed by atoms with van der Waals surface area (Å²) in [6.45, 7) is 4.38. The summed E-state index contributed by atoms with van der Waals surface area (Å²) in [6, 6.07) is 0. The maximum absolute atomic E-state index is 12.8. The van der Waals surface area contributed by atoms with E-state index in [2.05, 4.69) is 13.8 Å². The lowest BCUT2D eigenvalue weighted by Gasteiger charge is -2.40. The fourth-order valence-corrected chi connectivity index (χ4v) is 4.87. The largest absolute Gasteiger partial charge is 0.468 e. The number of methoxy groups -OCH3 is 2. The maximum atomic E-state index is 12.8. The van der Waals surface area contributed by atoms with Crippen molar-refractivity contribution < 1.29 is 28.6 Å². The summed E-state index contributed by atoms with van der Waals surface area (Å²) >= 11 is 0. The van der Waals surface area contributed by atoms with Crippen LogP contribution in [-0.2, 0) is 28.6 Å². The zero-order valence-corrected chi connectivity index (χ0v) is 13.9. The molecule has 0 saturated heterocycles. The molecule has 0 amide bonds. The van der Waals surface area contributed by atoms with Gasteiger partial charge in [-0.3, -0.25) is 9.59 Å². The molecule has 1 heterocycles. The average Bonchev–Trinajstić information content (AvgIpc) is 3.02. The van der Waals surface area contributed by atoms with E-state index in [0.717, 1.165) is 12.0 Å². The Morgan fingerprint density at radius 1 is 1.13 bits per heavy atom. The second kappa shape index (κ2) is 5.08. The molecular weight excluding hydrogens is 300 g/mol. The Morgan fingerprint density at radius 3 is 2.30 bits per heavy atom. The number of hydrogen-bond donors (Lipinski definition) is 0. The summed E-state index contributed by atoms with van der Waals surface area (Å²) < 4.78 is 15.1. The molecule has 0 spiro atoms. The Hall–Kier alpha value is -1.85. The number of ether oxygens (including phenoxy) is 3. The van der Waals surface area contributed by atoms with E-state index in [9.17, 15) is 14.4 Å². The van der Waals surface area contributed by atoms with Gasteiger partial charge in [0.2, 0.25) is 0 Å². The Labute approximate surface area is 135 Å². The fraction of sp³-hybridized carbons (Fsp3) is 0.706. The van der Waals surface area contributed by atoms with Crippen LogP contribution in [-0.4, -0.2) is 38.7 Å². The van der Waals surface area contributed by atoms with Crippen LogP contribution in [0.25, 0.3) is 0 Å². The fourth-order valence-electron chi connectivity index (χ4n) is 4.87. The van der Waals surface area contributed by atoms with Crippen molar-refractivity contribution in [1.82, 2.24) is 0 Å². The standard InChI is InChI=1S/C17H22O6/c1-16(2)6-9-5-10-8-23-13(18)12(10)17(11(9)7-16,14(19)21-3)15(20)22-4/h9,11H,5-8H2,1-4H3. The van der Waals surface area contributed by atoms with Gasteiger partial charge < -0.3 is 14.2 Å². The molecule has 0 aromatic carbocycles. The third kappa shape index (κ3) is 2.03. The van der Waals surface area contributed by atoms with Crippen LogP contribution >= 0.6 is 0 Å². The minimum Gasteiger partial charge on any atom is -0.468 e. The van der Waals surface area contributed by atoms with Crippen molar-refractivity contribution in [3.05, 3.63) is 11.1 Å². The summed E-state index contributed by atoms with van der Waals surface area (Å²) in [7, 11) is 2.47. The van der Waals surface area contributed by atoms with Crippen LogP contribution < -0.4 is 0 Å². The molecule has 0 aromatic rings. The smallest absolute Gasteiger partial charge is 0.336 e. The van der Waals surface area contributed by atoms with Crippen molar-refractivity contribution in [2.24, 2.45) is 22.7 Å². The van der Waals surface area contributed by atoms with Gasteiger partial charge in [-0.15, -0.1) is 0 Å². The molecule has 2 unspecified atom stereocenters. The summed E-state index contributed by atoms with van der Waals surface area (Å²) in [5.74, 6) is -2.21. The number of carbonyl (C=O) groups is 3. The predicted octanol–water partition coefficient (Wildman–Crippen LogP) is 1.63. The Balaban J connectivity index is 2.24. The van der Waals surface area contributed by atoms with Crippen molar-refractivity contribution in [1.29, 1.82) is 0 Å². The molecule has 3 aliphatic rings. The zero-order valence-electron chi connectivity index (χ0n) is 13.9. The molecule has 23 heavy (non-hydrogen) atoms. The third-order valence-corrected chi connectivity index (χ3v) is 5.57. The second-order valence-corrected chi connectivity index (χ2v) is 7.49. The molecule has 6 nitrogen and oxygen atoms in total. The van der Waals surface area contributed by atoms with Gasteiger partial charge in [0.25, 0.3) is 0 Å². The highest BCUT2D eigenvalue weighted by molar-refractivity contribution is 6.13. The van der Waals surface area contributed by atoms with Gasteiger partial charge in [0.1, 0.15) is 6.61 Å². The topological polar surface area (TPSA) is 78.9 Å². The molecule has 126 valence electrons. The highest BCUT2D eigenvalue weighted by Gasteiger charge is 2.67. The van der Waals surface area contributed by atoms with Gasteiger partial charge in [-0.2, -0.15) is 0 Å². The maximum Gasteiger partial charge on any atom is 0.336 e. The normalized spacial score (nSPS) is 30.3. The molecule has 6 heteroatoms.